The summed E-state index contributed by atoms with van der Waals surface area (Å²) in [5.74, 6) is 1.67. The molecule has 1 amide bonds. The minimum Gasteiger partial charge on any atom is -0.491 e. The molecule has 0 spiro atoms. The molecule has 3 aromatic rings. The Hall–Kier alpha value is -3.38. The number of carbonyl (C=O) groups is 1. The van der Waals surface area contributed by atoms with E-state index in [0.717, 1.165) is 11.3 Å². The normalized spacial score (nSPS) is 10.3. The van der Waals surface area contributed by atoms with E-state index in [2.05, 4.69) is 10.3 Å². The van der Waals surface area contributed by atoms with Gasteiger partial charge in [-0.2, -0.15) is 0 Å². The average Bonchev–Trinajstić information content (AvgIpc) is 2.74. The van der Waals surface area contributed by atoms with Gasteiger partial charge < -0.3 is 19.5 Å². The number of hydrogen-bond donors (Lipinski definition) is 1. The highest BCUT2D eigenvalue weighted by Gasteiger charge is 2.07. The number of hydrogen-bond acceptors (Lipinski definition) is 5. The molecule has 0 atom stereocenters. The number of nitrogens with one attached hydrogen (secondary N) is 1. The molecule has 0 aliphatic carbocycles. The Morgan fingerprint density at radius 3 is 2.54 bits per heavy atom. The van der Waals surface area contributed by atoms with Gasteiger partial charge in [-0.15, -0.1) is 0 Å². The minimum absolute atomic E-state index is 0.204. The molecule has 2 aromatic carbocycles. The van der Waals surface area contributed by atoms with Crippen LogP contribution in [0.3, 0.4) is 0 Å². The van der Waals surface area contributed by atoms with Gasteiger partial charge in [0.2, 0.25) is 5.88 Å². The Labute approximate surface area is 164 Å². The Bertz CT molecular complexity index is 883. The Balaban J connectivity index is 1.53. The summed E-state index contributed by atoms with van der Waals surface area (Å²) in [5, 5.41) is 2.88. The van der Waals surface area contributed by atoms with Gasteiger partial charge in [0.1, 0.15) is 18.1 Å². The first-order valence-electron chi connectivity index (χ1n) is 8.92. The van der Waals surface area contributed by atoms with Crippen molar-refractivity contribution >= 4 is 5.91 Å². The van der Waals surface area contributed by atoms with E-state index < -0.39 is 0 Å². The molecule has 144 valence electrons. The summed E-state index contributed by atoms with van der Waals surface area (Å²) in [4.78, 5) is 16.5. The summed E-state index contributed by atoms with van der Waals surface area (Å²) in [5.41, 5.74) is 1.41. The first-order chi connectivity index (χ1) is 13.7. The molecule has 6 heteroatoms. The summed E-state index contributed by atoms with van der Waals surface area (Å²) < 4.78 is 16.2. The summed E-state index contributed by atoms with van der Waals surface area (Å²) in [6.07, 6.45) is 1.50. The molecule has 3 rings (SSSR count). The van der Waals surface area contributed by atoms with Crippen LogP contribution < -0.4 is 14.8 Å². The lowest BCUT2D eigenvalue weighted by Gasteiger charge is -2.09. The second-order valence-electron chi connectivity index (χ2n) is 5.97. The lowest BCUT2D eigenvalue weighted by molar-refractivity contribution is 0.0950. The van der Waals surface area contributed by atoms with Crippen LogP contribution in [0.25, 0.3) is 0 Å². The third-order valence-electron chi connectivity index (χ3n) is 3.87. The molecule has 28 heavy (non-hydrogen) atoms. The fraction of sp³-hybridized carbons (Fsp3) is 0.182. The van der Waals surface area contributed by atoms with E-state index in [1.54, 1.807) is 19.2 Å². The predicted molar refractivity (Wildman–Crippen MR) is 106 cm³/mol. The molecule has 1 aromatic heterocycles. The fourth-order valence-corrected chi connectivity index (χ4v) is 2.46. The Morgan fingerprint density at radius 2 is 1.79 bits per heavy atom. The highest BCUT2D eigenvalue weighted by molar-refractivity contribution is 5.93. The maximum absolute atomic E-state index is 12.3. The number of rotatable bonds is 9. The molecular weight excluding hydrogens is 356 g/mol. The number of benzene rings is 2. The maximum atomic E-state index is 12.3. The number of nitrogens with zero attached hydrogens (tertiary/aromatic N) is 1. The predicted octanol–water partition coefficient (Wildman–Crippen LogP) is 3.83. The minimum atomic E-state index is -0.204. The number of aromatic nitrogens is 1. The molecule has 0 radical (unpaired) electrons. The van der Waals surface area contributed by atoms with Crippen molar-refractivity contribution in [3.05, 3.63) is 84.1 Å². The SMILES string of the molecule is COCCOc1cccc(CNC(=O)c2ccc(Oc3ccccc3)nc2)c1. The van der Waals surface area contributed by atoms with Gasteiger partial charge in [-0.3, -0.25) is 4.79 Å². The molecule has 0 aliphatic rings. The number of ether oxygens (including phenoxy) is 3. The molecule has 0 bridgehead atoms. The second-order valence-corrected chi connectivity index (χ2v) is 5.97. The van der Waals surface area contributed by atoms with E-state index in [9.17, 15) is 4.79 Å². The smallest absolute Gasteiger partial charge is 0.253 e. The first-order valence-corrected chi connectivity index (χ1v) is 8.92. The van der Waals surface area contributed by atoms with E-state index >= 15 is 0 Å². The molecule has 1 heterocycles. The van der Waals surface area contributed by atoms with Crippen LogP contribution in [0, 0.1) is 0 Å². The van der Waals surface area contributed by atoms with Gasteiger partial charge in [0, 0.05) is 25.9 Å². The third kappa shape index (κ3) is 5.82. The lowest BCUT2D eigenvalue weighted by Crippen LogP contribution is -2.22. The van der Waals surface area contributed by atoms with Crippen molar-refractivity contribution < 1.29 is 19.0 Å². The first kappa shape index (κ1) is 19.4. The van der Waals surface area contributed by atoms with Gasteiger partial charge >= 0.3 is 0 Å². The van der Waals surface area contributed by atoms with Crippen LogP contribution in [0.1, 0.15) is 15.9 Å². The van der Waals surface area contributed by atoms with Crippen molar-refractivity contribution in [2.75, 3.05) is 20.3 Å². The topological polar surface area (TPSA) is 69.7 Å². The molecule has 0 aliphatic heterocycles. The number of pyridine rings is 1. The zero-order valence-electron chi connectivity index (χ0n) is 15.6. The van der Waals surface area contributed by atoms with Crippen molar-refractivity contribution in [3.8, 4) is 17.4 Å². The van der Waals surface area contributed by atoms with E-state index in [1.165, 1.54) is 6.20 Å². The van der Waals surface area contributed by atoms with Gasteiger partial charge in [-0.25, -0.2) is 4.98 Å². The molecule has 0 unspecified atom stereocenters. The average molecular weight is 378 g/mol. The summed E-state index contributed by atoms with van der Waals surface area (Å²) in [7, 11) is 1.63. The summed E-state index contributed by atoms with van der Waals surface area (Å²) >= 11 is 0. The second kappa shape index (κ2) is 10.1. The zero-order chi connectivity index (χ0) is 19.6. The van der Waals surface area contributed by atoms with Crippen molar-refractivity contribution in [1.29, 1.82) is 0 Å². The van der Waals surface area contributed by atoms with Gasteiger partial charge in [-0.1, -0.05) is 30.3 Å². The number of carbonyl (C=O) groups excluding carboxylic acids is 1. The molecule has 0 saturated heterocycles. The van der Waals surface area contributed by atoms with Crippen LogP contribution in [-0.4, -0.2) is 31.2 Å². The van der Waals surface area contributed by atoms with Crippen LogP contribution in [0.5, 0.6) is 17.4 Å². The van der Waals surface area contributed by atoms with E-state index in [-0.39, 0.29) is 5.91 Å². The molecule has 0 saturated carbocycles. The van der Waals surface area contributed by atoms with Crippen LogP contribution in [0.4, 0.5) is 0 Å². The molecule has 6 nitrogen and oxygen atoms in total. The monoisotopic (exact) mass is 378 g/mol. The van der Waals surface area contributed by atoms with Gasteiger partial charge in [0.15, 0.2) is 0 Å². The maximum Gasteiger partial charge on any atom is 0.253 e. The van der Waals surface area contributed by atoms with Crippen LogP contribution in [0.2, 0.25) is 0 Å². The van der Waals surface area contributed by atoms with Crippen molar-refractivity contribution in [2.45, 2.75) is 6.54 Å². The fourth-order valence-electron chi connectivity index (χ4n) is 2.46. The number of methoxy groups -OCH3 is 1. The molecule has 1 N–H and O–H groups in total. The van der Waals surface area contributed by atoms with E-state index in [4.69, 9.17) is 14.2 Å². The van der Waals surface area contributed by atoms with Crippen LogP contribution in [-0.2, 0) is 11.3 Å². The highest BCUT2D eigenvalue weighted by atomic mass is 16.5. The van der Waals surface area contributed by atoms with Crippen LogP contribution in [0.15, 0.2) is 72.9 Å². The summed E-state index contributed by atoms with van der Waals surface area (Å²) in [6.45, 7) is 1.40. The van der Waals surface area contributed by atoms with Gasteiger partial charge in [0.05, 0.1) is 12.2 Å². The zero-order valence-corrected chi connectivity index (χ0v) is 15.6. The Morgan fingerprint density at radius 1 is 0.964 bits per heavy atom. The largest absolute Gasteiger partial charge is 0.491 e. The number of amides is 1. The quantitative estimate of drug-likeness (QED) is 0.573. The van der Waals surface area contributed by atoms with Gasteiger partial charge in [0.25, 0.3) is 5.91 Å². The summed E-state index contributed by atoms with van der Waals surface area (Å²) in [6, 6.07) is 20.3. The molecular formula is C22H22N2O4. The Kier molecular flexibility index (Phi) is 6.98. The standard InChI is InChI=1S/C22H22N2O4/c1-26-12-13-27-20-9-5-6-17(14-20)15-24-22(25)18-10-11-21(23-16-18)28-19-7-3-2-4-8-19/h2-11,14,16H,12-13,15H2,1H3,(H,24,25). The van der Waals surface area contributed by atoms with E-state index in [1.807, 2.05) is 54.6 Å². The van der Waals surface area contributed by atoms with E-state index in [0.29, 0.717) is 37.0 Å². The number of para-hydroxylation sites is 1. The van der Waals surface area contributed by atoms with Crippen molar-refractivity contribution in [1.82, 2.24) is 10.3 Å². The van der Waals surface area contributed by atoms with Gasteiger partial charge in [-0.05, 0) is 35.9 Å². The third-order valence-corrected chi connectivity index (χ3v) is 3.87. The lowest BCUT2D eigenvalue weighted by atomic mass is 10.2. The highest BCUT2D eigenvalue weighted by Crippen LogP contribution is 2.18. The van der Waals surface area contributed by atoms with Crippen molar-refractivity contribution in [3.63, 3.8) is 0 Å². The van der Waals surface area contributed by atoms with Crippen molar-refractivity contribution in [2.24, 2.45) is 0 Å². The molecule has 0 fully saturated rings. The van der Waals surface area contributed by atoms with Crippen LogP contribution >= 0.6 is 0 Å².